The topological polar surface area (TPSA) is 96.0 Å². The highest BCUT2D eigenvalue weighted by Crippen LogP contribution is 2.28. The molecule has 1 aromatic rings. The summed E-state index contributed by atoms with van der Waals surface area (Å²) in [5, 5.41) is 1.63. The number of cyclic esters (lactones) is 1. The highest BCUT2D eigenvalue weighted by molar-refractivity contribution is 7.91. The van der Waals surface area contributed by atoms with E-state index in [4.69, 9.17) is 4.74 Å². The summed E-state index contributed by atoms with van der Waals surface area (Å²) in [5.41, 5.74) is 0.315. The molecule has 0 unspecified atom stereocenters. The number of hydrogen-bond acceptors (Lipinski definition) is 6. The quantitative estimate of drug-likeness (QED) is 0.705. The fourth-order valence-electron chi connectivity index (χ4n) is 3.02. The molecule has 1 aromatic carbocycles. The van der Waals surface area contributed by atoms with Gasteiger partial charge in [0.1, 0.15) is 11.9 Å². The average Bonchev–Trinajstić information content (AvgIpc) is 3.00. The minimum Gasteiger partial charge on any atom is -0.442 e. The summed E-state index contributed by atoms with van der Waals surface area (Å²) in [6.45, 7) is -0.419. The van der Waals surface area contributed by atoms with Crippen LogP contribution in [-0.2, 0) is 19.4 Å². The Kier molecular flexibility index (Phi) is 5.61. The van der Waals surface area contributed by atoms with Crippen LogP contribution in [0.3, 0.4) is 0 Å². The standard InChI is InChI=1S/C16H17F4N3O5S/c17-12-7-10(1-2-13(12)22-3-5-29(26,27)6-4-22)23-9-11(28-15(23)25)8-21-14(24)16(18,19)20/h1-2,7,11H,3-6,8-9H2,(H,21,24)/t11-/m0/s1. The Labute approximate surface area is 163 Å². The molecule has 0 aliphatic carbocycles. The molecule has 8 nitrogen and oxygen atoms in total. The summed E-state index contributed by atoms with van der Waals surface area (Å²) < 4.78 is 79.1. The van der Waals surface area contributed by atoms with Gasteiger partial charge in [-0.15, -0.1) is 0 Å². The first-order valence-electron chi connectivity index (χ1n) is 8.54. The van der Waals surface area contributed by atoms with Crippen LogP contribution in [0.25, 0.3) is 0 Å². The van der Waals surface area contributed by atoms with Gasteiger partial charge >= 0.3 is 18.2 Å². The number of carbonyl (C=O) groups is 2. The smallest absolute Gasteiger partial charge is 0.442 e. The summed E-state index contributed by atoms with van der Waals surface area (Å²) >= 11 is 0. The molecule has 2 fully saturated rings. The Hall–Kier alpha value is -2.57. The lowest BCUT2D eigenvalue weighted by atomic mass is 10.2. The molecular formula is C16H17F4N3O5S. The maximum absolute atomic E-state index is 14.5. The second-order valence-corrected chi connectivity index (χ2v) is 8.90. The van der Waals surface area contributed by atoms with Crippen molar-refractivity contribution in [1.82, 2.24) is 5.32 Å². The average molecular weight is 439 g/mol. The van der Waals surface area contributed by atoms with E-state index in [0.29, 0.717) is 0 Å². The zero-order valence-electron chi connectivity index (χ0n) is 14.9. The molecule has 2 aliphatic rings. The van der Waals surface area contributed by atoms with E-state index < -0.39 is 46.5 Å². The van der Waals surface area contributed by atoms with Gasteiger partial charge < -0.3 is 15.0 Å². The lowest BCUT2D eigenvalue weighted by Gasteiger charge is -2.29. The van der Waals surface area contributed by atoms with E-state index in [1.165, 1.54) is 12.1 Å². The van der Waals surface area contributed by atoms with E-state index in [0.717, 1.165) is 11.0 Å². The predicted octanol–water partition coefficient (Wildman–Crippen LogP) is 1.06. The molecule has 0 bridgehead atoms. The zero-order chi connectivity index (χ0) is 21.4. The van der Waals surface area contributed by atoms with Crippen molar-refractivity contribution in [3.05, 3.63) is 24.0 Å². The maximum Gasteiger partial charge on any atom is 0.471 e. The van der Waals surface area contributed by atoms with E-state index >= 15 is 0 Å². The van der Waals surface area contributed by atoms with Crippen LogP contribution in [0.4, 0.5) is 33.7 Å². The Morgan fingerprint density at radius 3 is 2.48 bits per heavy atom. The van der Waals surface area contributed by atoms with Gasteiger partial charge in [0.25, 0.3) is 0 Å². The van der Waals surface area contributed by atoms with E-state index in [2.05, 4.69) is 0 Å². The van der Waals surface area contributed by atoms with Crippen LogP contribution >= 0.6 is 0 Å². The molecule has 2 saturated heterocycles. The fourth-order valence-corrected chi connectivity index (χ4v) is 4.22. The normalized spacial score (nSPS) is 21.8. The molecule has 2 amide bonds. The number of halogens is 4. The highest BCUT2D eigenvalue weighted by Gasteiger charge is 2.40. The second-order valence-electron chi connectivity index (χ2n) is 6.60. The van der Waals surface area contributed by atoms with Crippen molar-refractivity contribution in [1.29, 1.82) is 0 Å². The van der Waals surface area contributed by atoms with Crippen LogP contribution in [0.2, 0.25) is 0 Å². The van der Waals surface area contributed by atoms with Crippen molar-refractivity contribution >= 4 is 33.2 Å². The number of rotatable bonds is 4. The molecule has 1 N–H and O–H groups in total. The van der Waals surface area contributed by atoms with Crippen LogP contribution in [0, 0.1) is 5.82 Å². The van der Waals surface area contributed by atoms with Crippen LogP contribution in [0.1, 0.15) is 0 Å². The van der Waals surface area contributed by atoms with Gasteiger partial charge in [0.15, 0.2) is 9.84 Å². The molecule has 2 aliphatic heterocycles. The van der Waals surface area contributed by atoms with Gasteiger partial charge in [-0.3, -0.25) is 9.69 Å². The third-order valence-corrected chi connectivity index (χ3v) is 6.16. The fraction of sp³-hybridized carbons (Fsp3) is 0.500. The number of alkyl halides is 3. The minimum absolute atomic E-state index is 0.0853. The van der Waals surface area contributed by atoms with Gasteiger partial charge in [-0.05, 0) is 18.2 Å². The first-order chi connectivity index (χ1) is 13.5. The van der Waals surface area contributed by atoms with Crippen molar-refractivity contribution in [2.45, 2.75) is 12.3 Å². The molecular weight excluding hydrogens is 422 g/mol. The van der Waals surface area contributed by atoms with Gasteiger partial charge in [-0.1, -0.05) is 0 Å². The van der Waals surface area contributed by atoms with Crippen LogP contribution in [0.5, 0.6) is 0 Å². The summed E-state index contributed by atoms with van der Waals surface area (Å²) in [6, 6.07) is 3.89. The molecule has 2 heterocycles. The Morgan fingerprint density at radius 1 is 1.24 bits per heavy atom. The van der Waals surface area contributed by atoms with Crippen molar-refractivity contribution in [3.8, 4) is 0 Å². The molecule has 13 heteroatoms. The Morgan fingerprint density at radius 2 is 1.90 bits per heavy atom. The first-order valence-corrected chi connectivity index (χ1v) is 10.4. The number of benzene rings is 1. The lowest BCUT2D eigenvalue weighted by molar-refractivity contribution is -0.173. The van der Waals surface area contributed by atoms with E-state index in [-0.39, 0.29) is 42.5 Å². The van der Waals surface area contributed by atoms with Crippen molar-refractivity contribution in [2.75, 3.05) is 47.5 Å². The molecule has 1 atom stereocenters. The summed E-state index contributed by atoms with van der Waals surface area (Å²) in [6.07, 6.45) is -6.95. The second kappa shape index (κ2) is 7.69. The molecule has 3 rings (SSSR count). The first kappa shape index (κ1) is 21.1. The molecule has 29 heavy (non-hydrogen) atoms. The number of hydrogen-bond donors (Lipinski definition) is 1. The number of anilines is 2. The third-order valence-electron chi connectivity index (χ3n) is 4.55. The SMILES string of the molecule is O=C1O[C@@H](CNC(=O)C(F)(F)F)CN1c1ccc(N2CCS(=O)(=O)CC2)c(F)c1. The number of sulfone groups is 1. The molecule has 0 saturated carbocycles. The summed E-state index contributed by atoms with van der Waals surface area (Å²) in [4.78, 5) is 25.4. The highest BCUT2D eigenvalue weighted by atomic mass is 32.2. The van der Waals surface area contributed by atoms with Crippen molar-refractivity contribution in [3.63, 3.8) is 0 Å². The van der Waals surface area contributed by atoms with Crippen LogP contribution < -0.4 is 15.1 Å². The molecule has 0 spiro atoms. The zero-order valence-corrected chi connectivity index (χ0v) is 15.7. The monoisotopic (exact) mass is 439 g/mol. The van der Waals surface area contributed by atoms with E-state index in [1.54, 1.807) is 10.2 Å². The largest absolute Gasteiger partial charge is 0.471 e. The van der Waals surface area contributed by atoms with Crippen LogP contribution in [-0.4, -0.2) is 70.4 Å². The minimum atomic E-state index is -5.05. The van der Waals surface area contributed by atoms with Gasteiger partial charge in [0.05, 0.1) is 36.0 Å². The number of nitrogens with zero attached hydrogens (tertiary/aromatic N) is 2. The summed E-state index contributed by atoms with van der Waals surface area (Å²) in [7, 11) is -3.13. The summed E-state index contributed by atoms with van der Waals surface area (Å²) in [5.74, 6) is -3.00. The number of ether oxygens (including phenoxy) is 1. The van der Waals surface area contributed by atoms with Crippen molar-refractivity contribution in [2.24, 2.45) is 0 Å². The Balaban J connectivity index is 1.64. The number of nitrogens with one attached hydrogen (secondary N) is 1. The lowest BCUT2D eigenvalue weighted by Crippen LogP contribution is -2.41. The molecule has 0 aromatic heterocycles. The maximum atomic E-state index is 14.5. The number of amides is 2. The van der Waals surface area contributed by atoms with E-state index in [1.807, 2.05) is 0 Å². The third kappa shape index (κ3) is 4.89. The number of carbonyl (C=O) groups excluding carboxylic acids is 2. The van der Waals surface area contributed by atoms with Gasteiger partial charge in [0.2, 0.25) is 0 Å². The molecule has 160 valence electrons. The van der Waals surface area contributed by atoms with E-state index in [9.17, 15) is 35.6 Å². The van der Waals surface area contributed by atoms with Gasteiger partial charge in [0, 0.05) is 13.1 Å². The Bertz CT molecular complexity index is 908. The van der Waals surface area contributed by atoms with Gasteiger partial charge in [-0.25, -0.2) is 17.6 Å². The molecule has 0 radical (unpaired) electrons. The van der Waals surface area contributed by atoms with Gasteiger partial charge in [-0.2, -0.15) is 13.2 Å². The van der Waals surface area contributed by atoms with Crippen LogP contribution in [0.15, 0.2) is 18.2 Å². The van der Waals surface area contributed by atoms with Crippen molar-refractivity contribution < 1.29 is 40.3 Å². The predicted molar refractivity (Wildman–Crippen MR) is 93.9 cm³/mol.